The van der Waals surface area contributed by atoms with E-state index >= 15 is 0 Å². The van der Waals surface area contributed by atoms with E-state index in [2.05, 4.69) is 10.6 Å². The van der Waals surface area contributed by atoms with E-state index in [9.17, 15) is 9.59 Å². The van der Waals surface area contributed by atoms with Gasteiger partial charge in [0, 0.05) is 20.2 Å². The molecular weight excluding hydrogens is 260 g/mol. The third-order valence-electron chi connectivity index (χ3n) is 2.49. The van der Waals surface area contributed by atoms with Crippen LogP contribution in [0.1, 0.15) is 12.5 Å². The van der Waals surface area contributed by atoms with Crippen molar-refractivity contribution in [2.45, 2.75) is 13.5 Å². The molecule has 0 aliphatic heterocycles. The topological polar surface area (TPSA) is 76.7 Å². The van der Waals surface area contributed by atoms with Crippen LogP contribution in [0.25, 0.3) is 0 Å². The lowest BCUT2D eigenvalue weighted by atomic mass is 10.2. The smallest absolute Gasteiger partial charge is 0.309 e. The Morgan fingerprint density at radius 3 is 2.35 bits per heavy atom. The lowest BCUT2D eigenvalue weighted by Crippen LogP contribution is -2.40. The molecule has 0 bridgehead atoms. The Morgan fingerprint density at radius 2 is 1.75 bits per heavy atom. The molecule has 20 heavy (non-hydrogen) atoms. The molecule has 1 aromatic rings. The molecule has 1 rings (SSSR count). The first-order valence-corrected chi connectivity index (χ1v) is 6.44. The Bertz CT molecular complexity index is 431. The summed E-state index contributed by atoms with van der Waals surface area (Å²) >= 11 is 0. The lowest BCUT2D eigenvalue weighted by Gasteiger charge is -2.07. The van der Waals surface area contributed by atoms with Crippen molar-refractivity contribution in [3.63, 3.8) is 0 Å². The molecule has 6 nitrogen and oxygen atoms in total. The van der Waals surface area contributed by atoms with Gasteiger partial charge in [0.15, 0.2) is 0 Å². The number of nitrogens with one attached hydrogen (secondary N) is 2. The van der Waals surface area contributed by atoms with Gasteiger partial charge in [-0.25, -0.2) is 0 Å². The van der Waals surface area contributed by atoms with Gasteiger partial charge in [-0.05, 0) is 24.6 Å². The molecule has 0 saturated carbocycles. The van der Waals surface area contributed by atoms with E-state index in [-0.39, 0.29) is 0 Å². The van der Waals surface area contributed by atoms with Crippen molar-refractivity contribution >= 4 is 11.8 Å². The molecule has 0 saturated heterocycles. The molecule has 0 spiro atoms. The van der Waals surface area contributed by atoms with Gasteiger partial charge in [0.25, 0.3) is 0 Å². The monoisotopic (exact) mass is 280 g/mol. The molecular formula is C14H20N2O4. The summed E-state index contributed by atoms with van der Waals surface area (Å²) in [6.07, 6.45) is 0. The lowest BCUT2D eigenvalue weighted by molar-refractivity contribution is -0.139. The van der Waals surface area contributed by atoms with Gasteiger partial charge in [-0.15, -0.1) is 0 Å². The van der Waals surface area contributed by atoms with Crippen molar-refractivity contribution in [3.8, 4) is 5.75 Å². The van der Waals surface area contributed by atoms with Crippen LogP contribution in [0.3, 0.4) is 0 Å². The standard InChI is InChI=1S/C14H20N2O4/c1-3-20-12-6-4-11(5-7-12)10-16-14(18)13(17)15-8-9-19-2/h4-7H,3,8-10H2,1-2H3,(H,15,17)(H,16,18). The second-order valence-corrected chi connectivity index (χ2v) is 4.01. The fraction of sp³-hybridized carbons (Fsp3) is 0.429. The Labute approximate surface area is 118 Å². The minimum Gasteiger partial charge on any atom is -0.494 e. The van der Waals surface area contributed by atoms with Crippen LogP contribution in [0.5, 0.6) is 5.75 Å². The van der Waals surface area contributed by atoms with E-state index in [1.54, 1.807) is 0 Å². The fourth-order valence-corrected chi connectivity index (χ4v) is 1.48. The first kappa shape index (κ1) is 16.0. The molecule has 6 heteroatoms. The number of hydrogen-bond donors (Lipinski definition) is 2. The summed E-state index contributed by atoms with van der Waals surface area (Å²) in [6.45, 7) is 3.50. The Kier molecular flexibility index (Phi) is 7.13. The van der Waals surface area contributed by atoms with E-state index in [0.717, 1.165) is 11.3 Å². The van der Waals surface area contributed by atoms with Crippen LogP contribution in [-0.4, -0.2) is 38.7 Å². The molecule has 0 heterocycles. The van der Waals surface area contributed by atoms with Crippen molar-refractivity contribution in [2.24, 2.45) is 0 Å². The molecule has 0 radical (unpaired) electrons. The van der Waals surface area contributed by atoms with Crippen LogP contribution in [0.15, 0.2) is 24.3 Å². The first-order chi connectivity index (χ1) is 9.67. The summed E-state index contributed by atoms with van der Waals surface area (Å²) in [5, 5.41) is 4.99. The van der Waals surface area contributed by atoms with Crippen molar-refractivity contribution in [1.82, 2.24) is 10.6 Å². The summed E-state index contributed by atoms with van der Waals surface area (Å²) in [5.41, 5.74) is 0.895. The third kappa shape index (κ3) is 5.71. The summed E-state index contributed by atoms with van der Waals surface area (Å²) in [6, 6.07) is 7.33. The van der Waals surface area contributed by atoms with Gasteiger partial charge in [0.1, 0.15) is 5.75 Å². The maximum atomic E-state index is 11.5. The van der Waals surface area contributed by atoms with Crippen molar-refractivity contribution in [3.05, 3.63) is 29.8 Å². The van der Waals surface area contributed by atoms with Crippen LogP contribution >= 0.6 is 0 Å². The number of ether oxygens (including phenoxy) is 2. The normalized spacial score (nSPS) is 9.90. The van der Waals surface area contributed by atoms with Crippen LogP contribution in [0.4, 0.5) is 0 Å². The second kappa shape index (κ2) is 8.92. The number of amides is 2. The average molecular weight is 280 g/mol. The largest absolute Gasteiger partial charge is 0.494 e. The van der Waals surface area contributed by atoms with Crippen molar-refractivity contribution < 1.29 is 19.1 Å². The first-order valence-electron chi connectivity index (χ1n) is 6.44. The van der Waals surface area contributed by atoms with E-state index in [0.29, 0.717) is 26.3 Å². The Morgan fingerprint density at radius 1 is 1.10 bits per heavy atom. The SMILES string of the molecule is CCOc1ccc(CNC(=O)C(=O)NCCOC)cc1. The predicted molar refractivity (Wildman–Crippen MR) is 74.3 cm³/mol. The molecule has 0 atom stereocenters. The number of hydrogen-bond acceptors (Lipinski definition) is 4. The number of methoxy groups -OCH3 is 1. The molecule has 2 N–H and O–H groups in total. The Hall–Kier alpha value is -2.08. The Balaban J connectivity index is 2.34. The van der Waals surface area contributed by atoms with Crippen LogP contribution in [0, 0.1) is 0 Å². The average Bonchev–Trinajstić information content (AvgIpc) is 2.46. The number of carbonyl (C=O) groups is 2. The molecule has 0 aliphatic carbocycles. The van der Waals surface area contributed by atoms with Gasteiger partial charge in [-0.3, -0.25) is 9.59 Å². The second-order valence-electron chi connectivity index (χ2n) is 4.01. The number of benzene rings is 1. The summed E-state index contributed by atoms with van der Waals surface area (Å²) in [7, 11) is 1.53. The zero-order valence-electron chi connectivity index (χ0n) is 11.8. The maximum Gasteiger partial charge on any atom is 0.309 e. The third-order valence-corrected chi connectivity index (χ3v) is 2.49. The van der Waals surface area contributed by atoms with Crippen molar-refractivity contribution in [2.75, 3.05) is 26.9 Å². The highest BCUT2D eigenvalue weighted by molar-refractivity contribution is 6.35. The van der Waals surface area contributed by atoms with Gasteiger partial charge in [0.2, 0.25) is 0 Å². The summed E-state index contributed by atoms with van der Waals surface area (Å²) in [4.78, 5) is 22.9. The van der Waals surface area contributed by atoms with E-state index in [1.807, 2.05) is 31.2 Å². The zero-order valence-corrected chi connectivity index (χ0v) is 11.8. The van der Waals surface area contributed by atoms with Gasteiger partial charge in [0.05, 0.1) is 13.2 Å². The minimum absolute atomic E-state index is 0.295. The van der Waals surface area contributed by atoms with E-state index in [1.165, 1.54) is 7.11 Å². The summed E-state index contributed by atoms with van der Waals surface area (Å²) < 4.78 is 10.1. The molecule has 0 fully saturated rings. The van der Waals surface area contributed by atoms with Gasteiger partial charge < -0.3 is 20.1 Å². The number of carbonyl (C=O) groups excluding carboxylic acids is 2. The van der Waals surface area contributed by atoms with Gasteiger partial charge in [-0.2, -0.15) is 0 Å². The number of rotatable bonds is 7. The highest BCUT2D eigenvalue weighted by atomic mass is 16.5. The maximum absolute atomic E-state index is 11.5. The highest BCUT2D eigenvalue weighted by Crippen LogP contribution is 2.11. The summed E-state index contributed by atoms with van der Waals surface area (Å²) in [5.74, 6) is -0.539. The molecule has 0 unspecified atom stereocenters. The van der Waals surface area contributed by atoms with Crippen LogP contribution in [0.2, 0.25) is 0 Å². The van der Waals surface area contributed by atoms with Crippen LogP contribution < -0.4 is 15.4 Å². The van der Waals surface area contributed by atoms with Crippen LogP contribution in [-0.2, 0) is 20.9 Å². The molecule has 0 aliphatic rings. The quantitative estimate of drug-likeness (QED) is 0.562. The molecule has 1 aromatic carbocycles. The predicted octanol–water partition coefficient (Wildman–Crippen LogP) is 0.464. The molecule has 0 aromatic heterocycles. The van der Waals surface area contributed by atoms with Crippen molar-refractivity contribution in [1.29, 1.82) is 0 Å². The highest BCUT2D eigenvalue weighted by Gasteiger charge is 2.11. The van der Waals surface area contributed by atoms with Gasteiger partial charge >= 0.3 is 11.8 Å². The van der Waals surface area contributed by atoms with E-state index < -0.39 is 11.8 Å². The zero-order chi connectivity index (χ0) is 14.8. The molecule has 2 amide bonds. The van der Waals surface area contributed by atoms with Gasteiger partial charge in [-0.1, -0.05) is 12.1 Å². The molecule has 110 valence electrons. The van der Waals surface area contributed by atoms with E-state index in [4.69, 9.17) is 9.47 Å². The fourth-order valence-electron chi connectivity index (χ4n) is 1.48. The minimum atomic E-state index is -0.659.